The van der Waals surface area contributed by atoms with Gasteiger partial charge in [0.2, 0.25) is 0 Å². The van der Waals surface area contributed by atoms with Gasteiger partial charge in [-0.15, -0.1) is 0 Å². The number of aryl methyl sites for hydroxylation is 1. The first-order chi connectivity index (χ1) is 9.83. The van der Waals surface area contributed by atoms with Gasteiger partial charge in [0.15, 0.2) is 0 Å². The van der Waals surface area contributed by atoms with E-state index in [-0.39, 0.29) is 0 Å². The molecule has 0 atom stereocenters. The maximum atomic E-state index is 6.02. The van der Waals surface area contributed by atoms with Gasteiger partial charge in [-0.2, -0.15) is 0 Å². The van der Waals surface area contributed by atoms with Gasteiger partial charge in [0, 0.05) is 29.9 Å². The van der Waals surface area contributed by atoms with Gasteiger partial charge < -0.3 is 10.6 Å². The summed E-state index contributed by atoms with van der Waals surface area (Å²) in [4.78, 5) is 7.47. The summed E-state index contributed by atoms with van der Waals surface area (Å²) in [5.41, 5.74) is 12.2. The summed E-state index contributed by atoms with van der Waals surface area (Å²) in [6, 6.07) is 6.17. The zero-order valence-corrected chi connectivity index (χ0v) is 11.9. The van der Waals surface area contributed by atoms with Gasteiger partial charge in [-0.05, 0) is 62.3 Å². The lowest BCUT2D eigenvalue weighted by molar-refractivity contribution is 0.669. The van der Waals surface area contributed by atoms with Crippen molar-refractivity contribution < 1.29 is 0 Å². The van der Waals surface area contributed by atoms with Crippen molar-refractivity contribution in [3.63, 3.8) is 0 Å². The summed E-state index contributed by atoms with van der Waals surface area (Å²) in [6.45, 7) is 2.36. The van der Waals surface area contributed by atoms with Gasteiger partial charge in [0.1, 0.15) is 0 Å². The molecule has 1 aromatic carbocycles. The Morgan fingerprint density at radius 3 is 2.65 bits per heavy atom. The van der Waals surface area contributed by atoms with E-state index in [9.17, 15) is 0 Å². The van der Waals surface area contributed by atoms with Gasteiger partial charge in [0.25, 0.3) is 0 Å². The second-order valence-electron chi connectivity index (χ2n) is 6.06. The Balaban J connectivity index is 2.01. The summed E-state index contributed by atoms with van der Waals surface area (Å²) in [5, 5.41) is 1.26. The summed E-state index contributed by atoms with van der Waals surface area (Å²) in [7, 11) is 0. The Morgan fingerprint density at radius 2 is 1.80 bits per heavy atom. The highest BCUT2D eigenvalue weighted by atomic mass is 15.1. The molecular weight excluding hydrogens is 246 g/mol. The van der Waals surface area contributed by atoms with Crippen LogP contribution >= 0.6 is 0 Å². The lowest BCUT2D eigenvalue weighted by Crippen LogP contribution is -2.22. The number of rotatable bonds is 1. The molecule has 3 heteroatoms. The normalized spacial score (nSPS) is 18.5. The highest BCUT2D eigenvalue weighted by molar-refractivity contribution is 5.96. The lowest BCUT2D eigenvalue weighted by atomic mass is 9.92. The number of hydrogen-bond donors (Lipinski definition) is 1. The number of hydrogen-bond acceptors (Lipinski definition) is 3. The molecule has 2 heterocycles. The molecule has 104 valence electrons. The van der Waals surface area contributed by atoms with Crippen molar-refractivity contribution in [1.29, 1.82) is 0 Å². The predicted octanol–water partition coefficient (Wildman–Crippen LogP) is 3.30. The van der Waals surface area contributed by atoms with E-state index in [0.717, 1.165) is 17.6 Å². The Hall–Kier alpha value is -1.77. The number of benzene rings is 1. The minimum absolute atomic E-state index is 0.843. The second kappa shape index (κ2) is 4.65. The molecule has 1 fully saturated rings. The van der Waals surface area contributed by atoms with Crippen LogP contribution in [0.4, 0.5) is 11.4 Å². The summed E-state index contributed by atoms with van der Waals surface area (Å²) in [6.07, 6.45) is 7.50. The number of aromatic nitrogens is 1. The number of nitrogens with zero attached hydrogens (tertiary/aromatic N) is 2. The van der Waals surface area contributed by atoms with Crippen LogP contribution in [0.2, 0.25) is 0 Å². The summed E-state index contributed by atoms with van der Waals surface area (Å²) >= 11 is 0. The van der Waals surface area contributed by atoms with Crippen LogP contribution in [0.5, 0.6) is 0 Å². The van der Waals surface area contributed by atoms with Gasteiger partial charge >= 0.3 is 0 Å². The third kappa shape index (κ3) is 1.84. The molecular formula is C17H21N3. The maximum Gasteiger partial charge on any atom is 0.0727 e. The van der Waals surface area contributed by atoms with Crippen molar-refractivity contribution in [2.45, 2.75) is 38.5 Å². The third-order valence-corrected chi connectivity index (χ3v) is 4.68. The average molecular weight is 267 g/mol. The molecule has 1 aromatic heterocycles. The molecule has 0 bridgehead atoms. The van der Waals surface area contributed by atoms with Crippen molar-refractivity contribution in [3.05, 3.63) is 29.5 Å². The van der Waals surface area contributed by atoms with Crippen molar-refractivity contribution in [2.75, 3.05) is 23.7 Å². The monoisotopic (exact) mass is 267 g/mol. The molecule has 2 N–H and O–H groups in total. The van der Waals surface area contributed by atoms with Crippen molar-refractivity contribution in [1.82, 2.24) is 4.98 Å². The largest absolute Gasteiger partial charge is 0.399 e. The molecule has 20 heavy (non-hydrogen) atoms. The van der Waals surface area contributed by atoms with Gasteiger partial charge in [-0.25, -0.2) is 0 Å². The number of pyridine rings is 1. The molecule has 2 aromatic rings. The number of anilines is 2. The molecule has 0 saturated carbocycles. The van der Waals surface area contributed by atoms with E-state index in [2.05, 4.69) is 17.0 Å². The molecule has 1 aliphatic carbocycles. The first-order valence-electron chi connectivity index (χ1n) is 7.79. The molecule has 4 rings (SSSR count). The van der Waals surface area contributed by atoms with E-state index < -0.39 is 0 Å². The fourth-order valence-corrected chi connectivity index (χ4v) is 3.72. The number of fused-ring (bicyclic) bond motifs is 2. The van der Waals surface area contributed by atoms with Crippen LogP contribution in [0.3, 0.4) is 0 Å². The Bertz CT molecular complexity index is 657. The fraction of sp³-hybridized carbons (Fsp3) is 0.471. The highest BCUT2D eigenvalue weighted by Crippen LogP contribution is 2.38. The average Bonchev–Trinajstić information content (AvgIpc) is 2.98. The van der Waals surface area contributed by atoms with Crippen LogP contribution < -0.4 is 10.6 Å². The Morgan fingerprint density at radius 1 is 1.00 bits per heavy atom. The molecule has 1 saturated heterocycles. The van der Waals surface area contributed by atoms with Crippen LogP contribution in [0.1, 0.15) is 36.9 Å². The van der Waals surface area contributed by atoms with Crippen LogP contribution in [0, 0.1) is 0 Å². The van der Waals surface area contributed by atoms with Crippen molar-refractivity contribution >= 4 is 22.3 Å². The topological polar surface area (TPSA) is 42.1 Å². The third-order valence-electron chi connectivity index (χ3n) is 4.68. The minimum atomic E-state index is 0.843. The lowest BCUT2D eigenvalue weighted by Gasteiger charge is -2.27. The zero-order chi connectivity index (χ0) is 13.5. The summed E-state index contributed by atoms with van der Waals surface area (Å²) < 4.78 is 0. The van der Waals surface area contributed by atoms with Gasteiger partial charge in [-0.1, -0.05) is 0 Å². The number of nitrogen functional groups attached to an aromatic ring is 1. The van der Waals surface area contributed by atoms with Gasteiger partial charge in [0.05, 0.1) is 11.2 Å². The molecule has 0 unspecified atom stereocenters. The first kappa shape index (κ1) is 12.0. The Labute approximate surface area is 119 Å². The quantitative estimate of drug-likeness (QED) is 0.806. The van der Waals surface area contributed by atoms with Crippen molar-refractivity contribution in [3.8, 4) is 0 Å². The minimum Gasteiger partial charge on any atom is -0.399 e. The molecule has 0 amide bonds. The smallest absolute Gasteiger partial charge is 0.0727 e. The van der Waals surface area contributed by atoms with Crippen LogP contribution in [0.25, 0.3) is 10.9 Å². The Kier molecular flexibility index (Phi) is 2.79. The second-order valence-corrected chi connectivity index (χ2v) is 6.06. The molecule has 1 aliphatic heterocycles. The van der Waals surface area contributed by atoms with E-state index in [1.807, 2.05) is 6.07 Å². The zero-order valence-electron chi connectivity index (χ0n) is 11.9. The first-order valence-corrected chi connectivity index (χ1v) is 7.79. The van der Waals surface area contributed by atoms with Crippen molar-refractivity contribution in [2.24, 2.45) is 0 Å². The highest BCUT2D eigenvalue weighted by Gasteiger charge is 2.23. The maximum absolute atomic E-state index is 6.02. The van der Waals surface area contributed by atoms with Crippen LogP contribution in [-0.4, -0.2) is 18.1 Å². The van der Waals surface area contributed by atoms with Gasteiger partial charge in [-0.3, -0.25) is 4.98 Å². The number of nitrogens with two attached hydrogens (primary N) is 1. The standard InChI is InChI=1S/C17H21N3/c18-12-7-8-16-14(11-12)17(20-9-3-4-10-20)13-5-1-2-6-15(13)19-16/h7-8,11H,1-6,9-10,18H2. The van der Waals surface area contributed by atoms with Crippen LogP contribution in [0.15, 0.2) is 18.2 Å². The van der Waals surface area contributed by atoms with E-state index in [0.29, 0.717) is 0 Å². The predicted molar refractivity (Wildman–Crippen MR) is 84.2 cm³/mol. The molecule has 0 radical (unpaired) electrons. The SMILES string of the molecule is Nc1ccc2nc3c(c(N4CCCC4)c2c1)CCCC3. The van der Waals surface area contributed by atoms with Crippen LogP contribution in [-0.2, 0) is 12.8 Å². The molecule has 0 spiro atoms. The molecule has 3 nitrogen and oxygen atoms in total. The fourth-order valence-electron chi connectivity index (χ4n) is 3.72. The summed E-state index contributed by atoms with van der Waals surface area (Å²) in [5.74, 6) is 0. The van der Waals surface area contributed by atoms with E-state index >= 15 is 0 Å². The van der Waals surface area contributed by atoms with E-state index in [4.69, 9.17) is 10.7 Å². The van der Waals surface area contributed by atoms with E-state index in [1.54, 1.807) is 0 Å². The molecule has 2 aliphatic rings. The van der Waals surface area contributed by atoms with E-state index in [1.165, 1.54) is 67.5 Å².